The Morgan fingerprint density at radius 2 is 1.94 bits per heavy atom. The van der Waals surface area contributed by atoms with Crippen molar-refractivity contribution in [3.63, 3.8) is 0 Å². The summed E-state index contributed by atoms with van der Waals surface area (Å²) in [6, 6.07) is 0. The lowest BCUT2D eigenvalue weighted by molar-refractivity contribution is 0.138. The summed E-state index contributed by atoms with van der Waals surface area (Å²) >= 11 is 0. The van der Waals surface area contributed by atoms with Gasteiger partial charge in [0.25, 0.3) is 0 Å². The molecule has 3 N–H and O–H groups in total. The van der Waals surface area contributed by atoms with Crippen molar-refractivity contribution in [3.8, 4) is 0 Å². The zero-order chi connectivity index (χ0) is 13.4. The van der Waals surface area contributed by atoms with Gasteiger partial charge >= 0.3 is 0 Å². The van der Waals surface area contributed by atoms with Gasteiger partial charge in [0, 0.05) is 25.2 Å². The summed E-state index contributed by atoms with van der Waals surface area (Å²) in [5.41, 5.74) is 6.33. The number of likely N-dealkylation sites (N-methyl/N-ethyl adjacent to an activating group) is 1. The molecule has 1 aliphatic carbocycles. The molecule has 108 valence electrons. The third kappa shape index (κ3) is 3.94. The molecule has 0 spiro atoms. The topological polar surface area (TPSA) is 41.3 Å². The molecule has 0 saturated heterocycles. The zero-order valence-electron chi connectivity index (χ0n) is 12.7. The molecule has 0 aromatic heterocycles. The third-order valence-electron chi connectivity index (χ3n) is 4.86. The first kappa shape index (κ1) is 15.9. The molecule has 0 amide bonds. The van der Waals surface area contributed by atoms with Gasteiger partial charge in [-0.1, -0.05) is 40.0 Å². The normalized spacial score (nSPS) is 28.8. The van der Waals surface area contributed by atoms with E-state index in [1.54, 1.807) is 0 Å². The lowest BCUT2D eigenvalue weighted by Gasteiger charge is -2.44. The van der Waals surface area contributed by atoms with Crippen molar-refractivity contribution in [1.82, 2.24) is 10.2 Å². The highest BCUT2D eigenvalue weighted by Gasteiger charge is 2.37. The highest BCUT2D eigenvalue weighted by atomic mass is 15.1. The molecule has 0 aliphatic heterocycles. The largest absolute Gasteiger partial charge is 0.329 e. The Labute approximate surface area is 113 Å². The molecular weight excluding hydrogens is 222 g/mol. The average molecular weight is 255 g/mol. The van der Waals surface area contributed by atoms with Gasteiger partial charge in [-0.15, -0.1) is 0 Å². The van der Waals surface area contributed by atoms with Crippen LogP contribution >= 0.6 is 0 Å². The summed E-state index contributed by atoms with van der Waals surface area (Å²) in [6.07, 6.45) is 6.60. The maximum Gasteiger partial charge on any atom is 0.0332 e. The van der Waals surface area contributed by atoms with Crippen LogP contribution in [0, 0.1) is 5.92 Å². The van der Waals surface area contributed by atoms with Gasteiger partial charge in [-0.25, -0.2) is 0 Å². The molecule has 1 rings (SSSR count). The van der Waals surface area contributed by atoms with Crippen molar-refractivity contribution < 1.29 is 0 Å². The fraction of sp³-hybridized carbons (Fsp3) is 1.00. The van der Waals surface area contributed by atoms with E-state index in [1.807, 2.05) is 0 Å². The van der Waals surface area contributed by atoms with E-state index >= 15 is 0 Å². The van der Waals surface area contributed by atoms with E-state index in [9.17, 15) is 0 Å². The number of nitrogens with zero attached hydrogens (tertiary/aromatic N) is 1. The quantitative estimate of drug-likeness (QED) is 0.699. The molecule has 3 nitrogen and oxygen atoms in total. The summed E-state index contributed by atoms with van der Waals surface area (Å²) < 4.78 is 0. The first-order valence-corrected chi connectivity index (χ1v) is 7.89. The average Bonchev–Trinajstić information content (AvgIpc) is 2.44. The summed E-state index contributed by atoms with van der Waals surface area (Å²) in [4.78, 5) is 2.47. The standard InChI is InChI=1S/C15H33N3/c1-4-14-9-7-8-10-15(14,13-16)17-11-12-18(5-2)6-3/h14,17H,4-13,16H2,1-3H3. The van der Waals surface area contributed by atoms with E-state index in [0.29, 0.717) is 0 Å². The number of nitrogens with two attached hydrogens (primary N) is 1. The van der Waals surface area contributed by atoms with E-state index < -0.39 is 0 Å². The van der Waals surface area contributed by atoms with Crippen LogP contribution in [0.1, 0.15) is 52.9 Å². The van der Waals surface area contributed by atoms with Gasteiger partial charge in [0.15, 0.2) is 0 Å². The minimum absolute atomic E-state index is 0.222. The number of hydrogen-bond acceptors (Lipinski definition) is 3. The predicted molar refractivity (Wildman–Crippen MR) is 79.8 cm³/mol. The minimum Gasteiger partial charge on any atom is -0.329 e. The lowest BCUT2D eigenvalue weighted by Crippen LogP contribution is -2.59. The summed E-state index contributed by atoms with van der Waals surface area (Å²) in [6.45, 7) is 12.1. The minimum atomic E-state index is 0.222. The van der Waals surface area contributed by atoms with Crippen LogP contribution in [-0.4, -0.2) is 43.2 Å². The van der Waals surface area contributed by atoms with Crippen molar-refractivity contribution in [3.05, 3.63) is 0 Å². The smallest absolute Gasteiger partial charge is 0.0332 e. The summed E-state index contributed by atoms with van der Waals surface area (Å²) in [5, 5.41) is 3.82. The van der Waals surface area contributed by atoms with E-state index in [2.05, 4.69) is 31.0 Å². The van der Waals surface area contributed by atoms with Crippen molar-refractivity contribution in [2.75, 3.05) is 32.7 Å². The Morgan fingerprint density at radius 1 is 1.22 bits per heavy atom. The molecule has 0 heterocycles. The van der Waals surface area contributed by atoms with Crippen LogP contribution < -0.4 is 11.1 Å². The maximum atomic E-state index is 6.11. The molecule has 2 unspecified atom stereocenters. The summed E-state index contributed by atoms with van der Waals surface area (Å²) in [5.74, 6) is 0.771. The molecule has 0 aromatic rings. The highest BCUT2D eigenvalue weighted by Crippen LogP contribution is 2.35. The van der Waals surface area contributed by atoms with E-state index in [0.717, 1.165) is 38.6 Å². The monoisotopic (exact) mass is 255 g/mol. The third-order valence-corrected chi connectivity index (χ3v) is 4.86. The zero-order valence-corrected chi connectivity index (χ0v) is 12.7. The van der Waals surface area contributed by atoms with Gasteiger partial charge in [-0.3, -0.25) is 0 Å². The predicted octanol–water partition coefficient (Wildman–Crippen LogP) is 2.22. The van der Waals surface area contributed by atoms with Crippen LogP contribution in [0.25, 0.3) is 0 Å². The van der Waals surface area contributed by atoms with Crippen molar-refractivity contribution in [2.45, 2.75) is 58.4 Å². The van der Waals surface area contributed by atoms with Crippen molar-refractivity contribution >= 4 is 0 Å². The fourth-order valence-electron chi connectivity index (χ4n) is 3.48. The molecule has 0 bridgehead atoms. The molecule has 0 radical (unpaired) electrons. The van der Waals surface area contributed by atoms with Gasteiger partial charge in [-0.05, 0) is 31.8 Å². The van der Waals surface area contributed by atoms with Gasteiger partial charge in [0.2, 0.25) is 0 Å². The van der Waals surface area contributed by atoms with Gasteiger partial charge < -0.3 is 16.0 Å². The number of hydrogen-bond donors (Lipinski definition) is 2. The van der Waals surface area contributed by atoms with E-state index in [1.165, 1.54) is 32.1 Å². The highest BCUT2D eigenvalue weighted by molar-refractivity contribution is 4.97. The molecule has 1 fully saturated rings. The second kappa shape index (κ2) is 8.13. The molecule has 18 heavy (non-hydrogen) atoms. The van der Waals surface area contributed by atoms with Crippen LogP contribution in [0.15, 0.2) is 0 Å². The Bertz CT molecular complexity index is 216. The maximum absolute atomic E-state index is 6.11. The van der Waals surface area contributed by atoms with Gasteiger partial charge in [0.1, 0.15) is 0 Å². The molecule has 3 heteroatoms. The summed E-state index contributed by atoms with van der Waals surface area (Å²) in [7, 11) is 0. The van der Waals surface area contributed by atoms with Crippen molar-refractivity contribution in [1.29, 1.82) is 0 Å². The van der Waals surface area contributed by atoms with Crippen molar-refractivity contribution in [2.24, 2.45) is 11.7 Å². The fourth-order valence-corrected chi connectivity index (χ4v) is 3.48. The lowest BCUT2D eigenvalue weighted by atomic mass is 9.71. The van der Waals surface area contributed by atoms with Crippen LogP contribution in [0.5, 0.6) is 0 Å². The Hall–Kier alpha value is -0.120. The SMILES string of the molecule is CCC1CCCCC1(CN)NCCN(CC)CC. The van der Waals surface area contributed by atoms with E-state index in [-0.39, 0.29) is 5.54 Å². The molecule has 1 aliphatic rings. The van der Waals surface area contributed by atoms with Crippen LogP contribution in [0.4, 0.5) is 0 Å². The molecule has 1 saturated carbocycles. The molecular formula is C15H33N3. The number of nitrogens with one attached hydrogen (secondary N) is 1. The van der Waals surface area contributed by atoms with Crippen LogP contribution in [-0.2, 0) is 0 Å². The molecule has 2 atom stereocenters. The Kier molecular flexibility index (Phi) is 7.20. The number of rotatable bonds is 8. The first-order chi connectivity index (χ1) is 8.72. The van der Waals surface area contributed by atoms with E-state index in [4.69, 9.17) is 5.73 Å². The second-order valence-corrected chi connectivity index (χ2v) is 5.66. The van der Waals surface area contributed by atoms with Gasteiger partial charge in [-0.2, -0.15) is 0 Å². The Morgan fingerprint density at radius 3 is 2.50 bits per heavy atom. The first-order valence-electron chi connectivity index (χ1n) is 7.89. The Balaban J connectivity index is 2.48. The van der Waals surface area contributed by atoms with Crippen LogP contribution in [0.3, 0.4) is 0 Å². The van der Waals surface area contributed by atoms with Crippen LogP contribution in [0.2, 0.25) is 0 Å². The second-order valence-electron chi connectivity index (χ2n) is 5.66. The molecule has 0 aromatic carbocycles. The van der Waals surface area contributed by atoms with Gasteiger partial charge in [0.05, 0.1) is 0 Å².